The van der Waals surface area contributed by atoms with Crippen molar-refractivity contribution in [3.8, 4) is 5.75 Å². The van der Waals surface area contributed by atoms with Gasteiger partial charge in [0.15, 0.2) is 0 Å². The zero-order chi connectivity index (χ0) is 13.8. The van der Waals surface area contributed by atoms with E-state index < -0.39 is 0 Å². The molecule has 0 aliphatic heterocycles. The second-order valence-corrected chi connectivity index (χ2v) is 4.88. The smallest absolute Gasteiger partial charge is 0.123 e. The highest BCUT2D eigenvalue weighted by molar-refractivity contribution is 6.31. The van der Waals surface area contributed by atoms with Crippen LogP contribution in [0.1, 0.15) is 16.7 Å². The van der Waals surface area contributed by atoms with Gasteiger partial charge >= 0.3 is 0 Å². The van der Waals surface area contributed by atoms with E-state index in [1.165, 1.54) is 0 Å². The normalized spacial score (nSPS) is 10.5. The number of hydrogen-bond acceptors (Lipinski definition) is 3. The Balaban J connectivity index is 2.08. The summed E-state index contributed by atoms with van der Waals surface area (Å²) >= 11 is 6.13. The first kappa shape index (κ1) is 13.7. The number of aryl methyl sites for hydroxylation is 1. The van der Waals surface area contributed by atoms with Crippen LogP contribution in [0.25, 0.3) is 0 Å². The summed E-state index contributed by atoms with van der Waals surface area (Å²) in [6.07, 6.45) is 0. The molecule has 2 aromatic carbocycles. The number of nitrogens with one attached hydrogen (secondary N) is 2. The fourth-order valence-corrected chi connectivity index (χ4v) is 2.18. The summed E-state index contributed by atoms with van der Waals surface area (Å²) in [7, 11) is 0. The van der Waals surface area contributed by atoms with Crippen molar-refractivity contribution >= 4 is 17.3 Å². The van der Waals surface area contributed by atoms with Gasteiger partial charge in [-0.1, -0.05) is 29.8 Å². The summed E-state index contributed by atoms with van der Waals surface area (Å²) in [5, 5.41) is 10.7. The molecule has 0 heterocycles. The molecular formula is C15H17ClN2O. The Morgan fingerprint density at radius 2 is 1.84 bits per heavy atom. The van der Waals surface area contributed by atoms with Gasteiger partial charge in [0.1, 0.15) is 5.75 Å². The van der Waals surface area contributed by atoms with E-state index in [0.29, 0.717) is 17.3 Å². The van der Waals surface area contributed by atoms with Crippen LogP contribution in [0, 0.1) is 13.8 Å². The lowest BCUT2D eigenvalue weighted by Crippen LogP contribution is -2.21. The molecule has 0 aliphatic rings. The molecule has 4 heteroatoms. The van der Waals surface area contributed by atoms with Gasteiger partial charge in [-0.15, -0.1) is 0 Å². The molecule has 0 amide bonds. The number of benzene rings is 2. The molecule has 0 aliphatic carbocycles. The molecule has 0 saturated heterocycles. The minimum absolute atomic E-state index is 0.296. The first-order valence-electron chi connectivity index (χ1n) is 6.11. The fraction of sp³-hybridized carbons (Fsp3) is 0.200. The van der Waals surface area contributed by atoms with E-state index in [-0.39, 0.29) is 0 Å². The summed E-state index contributed by atoms with van der Waals surface area (Å²) in [6, 6.07) is 11.6. The fourth-order valence-electron chi connectivity index (χ4n) is 1.90. The van der Waals surface area contributed by atoms with Crippen LogP contribution in [0.15, 0.2) is 36.4 Å². The Bertz CT molecular complexity index is 544. The zero-order valence-corrected chi connectivity index (χ0v) is 11.8. The quantitative estimate of drug-likeness (QED) is 0.745. The van der Waals surface area contributed by atoms with Crippen molar-refractivity contribution in [3.05, 3.63) is 58.1 Å². The van der Waals surface area contributed by atoms with Crippen molar-refractivity contribution in [2.45, 2.75) is 20.4 Å². The molecule has 3 N–H and O–H groups in total. The third-order valence-electron chi connectivity index (χ3n) is 3.09. The second kappa shape index (κ2) is 5.95. The average Bonchev–Trinajstić information content (AvgIpc) is 2.42. The summed E-state index contributed by atoms with van der Waals surface area (Å²) < 4.78 is 0. The number of phenolic OH excluding ortho intramolecular Hbond substituents is 1. The molecule has 100 valence electrons. The van der Waals surface area contributed by atoms with E-state index >= 15 is 0 Å². The lowest BCUT2D eigenvalue weighted by Gasteiger charge is -2.14. The van der Waals surface area contributed by atoms with E-state index in [1.807, 2.05) is 44.2 Å². The highest BCUT2D eigenvalue weighted by atomic mass is 35.5. The number of hydrazine groups is 1. The molecule has 0 radical (unpaired) electrons. The summed E-state index contributed by atoms with van der Waals surface area (Å²) in [5.41, 5.74) is 9.63. The first-order valence-corrected chi connectivity index (χ1v) is 6.49. The Labute approximate surface area is 118 Å². The van der Waals surface area contributed by atoms with E-state index in [1.54, 1.807) is 6.07 Å². The van der Waals surface area contributed by atoms with Crippen LogP contribution in [0.4, 0.5) is 5.69 Å². The van der Waals surface area contributed by atoms with Crippen LogP contribution in [-0.4, -0.2) is 5.11 Å². The van der Waals surface area contributed by atoms with Gasteiger partial charge in [0.25, 0.3) is 0 Å². The Kier molecular flexibility index (Phi) is 4.30. The Morgan fingerprint density at radius 1 is 1.16 bits per heavy atom. The van der Waals surface area contributed by atoms with E-state index in [4.69, 9.17) is 11.6 Å². The second-order valence-electron chi connectivity index (χ2n) is 4.47. The number of para-hydroxylation sites is 1. The van der Waals surface area contributed by atoms with Gasteiger partial charge in [0.2, 0.25) is 0 Å². The summed E-state index contributed by atoms with van der Waals surface area (Å²) in [6.45, 7) is 4.24. The largest absolute Gasteiger partial charge is 0.507 e. The first-order chi connectivity index (χ1) is 9.09. The number of aromatic hydroxyl groups is 1. The highest BCUT2D eigenvalue weighted by Gasteiger charge is 2.11. The van der Waals surface area contributed by atoms with Gasteiger partial charge in [0, 0.05) is 22.8 Å². The van der Waals surface area contributed by atoms with Crippen LogP contribution >= 0.6 is 11.6 Å². The van der Waals surface area contributed by atoms with Crippen LogP contribution in [-0.2, 0) is 6.54 Å². The van der Waals surface area contributed by atoms with Gasteiger partial charge in [-0.3, -0.25) is 0 Å². The van der Waals surface area contributed by atoms with E-state index in [9.17, 15) is 5.11 Å². The Hall–Kier alpha value is -1.71. The maximum atomic E-state index is 10.1. The average molecular weight is 277 g/mol. The lowest BCUT2D eigenvalue weighted by atomic mass is 10.0. The topological polar surface area (TPSA) is 44.3 Å². The number of phenols is 1. The predicted molar refractivity (Wildman–Crippen MR) is 79.5 cm³/mol. The van der Waals surface area contributed by atoms with Gasteiger partial charge in [-0.2, -0.15) is 0 Å². The number of hydrogen-bond donors (Lipinski definition) is 3. The van der Waals surface area contributed by atoms with Crippen LogP contribution < -0.4 is 10.9 Å². The van der Waals surface area contributed by atoms with Crippen LogP contribution in [0.2, 0.25) is 5.02 Å². The molecule has 2 aromatic rings. The molecule has 0 atom stereocenters. The highest BCUT2D eigenvalue weighted by Crippen LogP contribution is 2.30. The molecule has 0 fully saturated rings. The lowest BCUT2D eigenvalue weighted by molar-refractivity contribution is 0.461. The predicted octanol–water partition coefficient (Wildman–Crippen LogP) is 3.78. The molecule has 0 saturated carbocycles. The third kappa shape index (κ3) is 3.19. The molecule has 2 rings (SSSR count). The number of rotatable bonds is 4. The maximum absolute atomic E-state index is 10.1. The minimum atomic E-state index is 0.296. The molecule has 0 aromatic heterocycles. The molecule has 3 nitrogen and oxygen atoms in total. The van der Waals surface area contributed by atoms with Crippen molar-refractivity contribution in [1.82, 2.24) is 5.43 Å². The zero-order valence-electron chi connectivity index (χ0n) is 11.0. The van der Waals surface area contributed by atoms with E-state index in [2.05, 4.69) is 10.9 Å². The number of anilines is 1. The van der Waals surface area contributed by atoms with Gasteiger partial charge in [0.05, 0.1) is 0 Å². The van der Waals surface area contributed by atoms with Crippen molar-refractivity contribution in [3.63, 3.8) is 0 Å². The standard InChI is InChI=1S/C15H17ClN2O/c1-10-8-14(16)11(2)13(15(10)19)9-17-18-12-6-4-3-5-7-12/h3-8,17-19H,9H2,1-2H3. The molecule has 0 unspecified atom stereocenters. The van der Waals surface area contributed by atoms with Gasteiger partial charge < -0.3 is 10.5 Å². The summed E-state index contributed by atoms with van der Waals surface area (Å²) in [5.74, 6) is 0.296. The maximum Gasteiger partial charge on any atom is 0.123 e. The minimum Gasteiger partial charge on any atom is -0.507 e. The monoisotopic (exact) mass is 276 g/mol. The SMILES string of the molecule is Cc1cc(Cl)c(C)c(CNNc2ccccc2)c1O. The van der Waals surface area contributed by atoms with Gasteiger partial charge in [-0.05, 0) is 43.2 Å². The molecular weight excluding hydrogens is 260 g/mol. The Morgan fingerprint density at radius 3 is 2.53 bits per heavy atom. The van der Waals surface area contributed by atoms with Crippen molar-refractivity contribution < 1.29 is 5.11 Å². The van der Waals surface area contributed by atoms with Crippen LogP contribution in [0.5, 0.6) is 5.75 Å². The number of halogens is 1. The molecule has 0 spiro atoms. The van der Waals surface area contributed by atoms with Gasteiger partial charge in [-0.25, -0.2) is 5.43 Å². The van der Waals surface area contributed by atoms with Crippen molar-refractivity contribution in [2.24, 2.45) is 0 Å². The summed E-state index contributed by atoms with van der Waals surface area (Å²) in [4.78, 5) is 0. The van der Waals surface area contributed by atoms with Crippen molar-refractivity contribution in [1.29, 1.82) is 0 Å². The molecule has 19 heavy (non-hydrogen) atoms. The third-order valence-corrected chi connectivity index (χ3v) is 3.48. The van der Waals surface area contributed by atoms with Crippen LogP contribution in [0.3, 0.4) is 0 Å². The van der Waals surface area contributed by atoms with E-state index in [0.717, 1.165) is 22.4 Å². The molecule has 0 bridgehead atoms. The van der Waals surface area contributed by atoms with Crippen molar-refractivity contribution in [2.75, 3.05) is 5.43 Å².